The zero-order chi connectivity index (χ0) is 14.8. The zero-order valence-corrected chi connectivity index (χ0v) is 11.4. The quantitative estimate of drug-likeness (QED) is 0.689. The number of nitrogens with zero attached hydrogens (tertiary/aromatic N) is 2. The summed E-state index contributed by atoms with van der Waals surface area (Å²) in [6.07, 6.45) is 1.62. The predicted octanol–water partition coefficient (Wildman–Crippen LogP) is 4.69. The molecule has 1 aromatic heterocycles. The van der Waals surface area contributed by atoms with Crippen LogP contribution in [-0.2, 0) is 0 Å². The first-order valence-electron chi connectivity index (χ1n) is 6.09. The highest BCUT2D eigenvalue weighted by Gasteiger charge is 2.09. The third kappa shape index (κ3) is 2.64. The molecule has 0 atom stereocenters. The van der Waals surface area contributed by atoms with Gasteiger partial charge in [0.1, 0.15) is 17.1 Å². The number of hydrogen-bond donors (Lipinski definition) is 0. The lowest BCUT2D eigenvalue weighted by Gasteiger charge is -2.09. The highest BCUT2D eigenvalue weighted by Crippen LogP contribution is 2.33. The van der Waals surface area contributed by atoms with Gasteiger partial charge in [-0.25, -0.2) is 4.39 Å². The summed E-state index contributed by atoms with van der Waals surface area (Å²) in [6.45, 7) is 0. The largest absolute Gasteiger partial charge is 0.455 e. The molecule has 102 valence electrons. The SMILES string of the molecule is N#Cc1cc(F)cc(Oc2ccc(Cl)c3cccnc23)c1. The van der Waals surface area contributed by atoms with Crippen LogP contribution in [0.2, 0.25) is 5.02 Å². The molecule has 3 nitrogen and oxygen atoms in total. The van der Waals surface area contributed by atoms with Gasteiger partial charge in [-0.3, -0.25) is 4.98 Å². The second-order valence-corrected chi connectivity index (χ2v) is 4.74. The van der Waals surface area contributed by atoms with Crippen LogP contribution >= 0.6 is 11.6 Å². The number of aromatic nitrogens is 1. The molecule has 0 saturated carbocycles. The summed E-state index contributed by atoms with van der Waals surface area (Å²) in [7, 11) is 0. The molecule has 1 heterocycles. The van der Waals surface area contributed by atoms with Crippen LogP contribution in [0.1, 0.15) is 5.56 Å². The Morgan fingerprint density at radius 2 is 2.05 bits per heavy atom. The first kappa shape index (κ1) is 13.3. The minimum Gasteiger partial charge on any atom is -0.455 e. The highest BCUT2D eigenvalue weighted by atomic mass is 35.5. The van der Waals surface area contributed by atoms with Gasteiger partial charge in [0.2, 0.25) is 0 Å². The van der Waals surface area contributed by atoms with Crippen molar-refractivity contribution >= 4 is 22.5 Å². The maximum atomic E-state index is 13.4. The topological polar surface area (TPSA) is 45.9 Å². The molecule has 0 amide bonds. The molecule has 2 aromatic carbocycles. The van der Waals surface area contributed by atoms with Crippen LogP contribution in [0.3, 0.4) is 0 Å². The molecule has 0 aliphatic carbocycles. The summed E-state index contributed by atoms with van der Waals surface area (Å²) < 4.78 is 19.1. The second kappa shape index (κ2) is 5.39. The monoisotopic (exact) mass is 298 g/mol. The molecular formula is C16H8ClFN2O. The van der Waals surface area contributed by atoms with Crippen LogP contribution in [0.5, 0.6) is 11.5 Å². The van der Waals surface area contributed by atoms with Gasteiger partial charge in [0.15, 0.2) is 5.75 Å². The third-order valence-corrected chi connectivity index (χ3v) is 3.24. The molecule has 0 aliphatic heterocycles. The van der Waals surface area contributed by atoms with E-state index >= 15 is 0 Å². The smallest absolute Gasteiger partial charge is 0.153 e. The van der Waals surface area contributed by atoms with Crippen LogP contribution in [0.15, 0.2) is 48.7 Å². The minimum absolute atomic E-state index is 0.191. The maximum absolute atomic E-state index is 13.4. The number of hydrogen-bond acceptors (Lipinski definition) is 3. The lowest BCUT2D eigenvalue weighted by Crippen LogP contribution is -1.90. The first-order valence-corrected chi connectivity index (χ1v) is 6.47. The van der Waals surface area contributed by atoms with Crippen molar-refractivity contribution in [2.45, 2.75) is 0 Å². The van der Waals surface area contributed by atoms with Crippen LogP contribution in [0.25, 0.3) is 10.9 Å². The molecule has 21 heavy (non-hydrogen) atoms. The fourth-order valence-corrected chi connectivity index (χ4v) is 2.22. The van der Waals surface area contributed by atoms with E-state index in [4.69, 9.17) is 21.6 Å². The molecule has 0 unspecified atom stereocenters. The minimum atomic E-state index is -0.532. The van der Waals surface area contributed by atoms with Gasteiger partial charge in [-0.15, -0.1) is 0 Å². The summed E-state index contributed by atoms with van der Waals surface area (Å²) >= 11 is 6.11. The molecule has 3 rings (SSSR count). The van der Waals surface area contributed by atoms with Crippen molar-refractivity contribution < 1.29 is 9.13 Å². The Kier molecular flexibility index (Phi) is 3.43. The average Bonchev–Trinajstić information content (AvgIpc) is 2.50. The molecule has 0 bridgehead atoms. The van der Waals surface area contributed by atoms with Crippen LogP contribution in [-0.4, -0.2) is 4.98 Å². The Bertz CT molecular complexity index is 874. The molecule has 3 aromatic rings. The van der Waals surface area contributed by atoms with Crippen molar-refractivity contribution in [3.63, 3.8) is 0 Å². The maximum Gasteiger partial charge on any atom is 0.153 e. The molecule has 0 fully saturated rings. The molecular weight excluding hydrogens is 291 g/mol. The Morgan fingerprint density at radius 3 is 2.86 bits per heavy atom. The lowest BCUT2D eigenvalue weighted by atomic mass is 10.2. The van der Waals surface area contributed by atoms with Crippen LogP contribution < -0.4 is 4.74 Å². The van der Waals surface area contributed by atoms with E-state index in [9.17, 15) is 4.39 Å². The fraction of sp³-hybridized carbons (Fsp3) is 0. The number of rotatable bonds is 2. The van der Waals surface area contributed by atoms with Gasteiger partial charge in [-0.05, 0) is 36.4 Å². The van der Waals surface area contributed by atoms with E-state index in [1.807, 2.05) is 12.1 Å². The van der Waals surface area contributed by atoms with Crippen molar-refractivity contribution in [3.8, 4) is 17.6 Å². The van der Waals surface area contributed by atoms with Crippen molar-refractivity contribution in [3.05, 3.63) is 65.1 Å². The molecule has 0 radical (unpaired) electrons. The standard InChI is InChI=1S/C16H8ClFN2O/c17-14-3-4-15(16-13(14)2-1-5-20-16)21-12-7-10(9-19)6-11(18)8-12/h1-8H. The van der Waals surface area contributed by atoms with E-state index in [1.54, 1.807) is 24.4 Å². The van der Waals surface area contributed by atoms with E-state index in [0.29, 0.717) is 16.3 Å². The van der Waals surface area contributed by atoms with Gasteiger partial charge < -0.3 is 4.74 Å². The van der Waals surface area contributed by atoms with Crippen molar-refractivity contribution in [2.24, 2.45) is 0 Å². The van der Waals surface area contributed by atoms with Gasteiger partial charge in [0.05, 0.1) is 16.7 Å². The summed E-state index contributed by atoms with van der Waals surface area (Å²) in [6, 6.07) is 12.6. The molecule has 0 N–H and O–H groups in total. The van der Waals surface area contributed by atoms with Crippen molar-refractivity contribution in [1.29, 1.82) is 5.26 Å². The molecule has 0 spiro atoms. The third-order valence-electron chi connectivity index (χ3n) is 2.91. The Balaban J connectivity index is 2.09. The molecule has 5 heteroatoms. The van der Waals surface area contributed by atoms with E-state index in [-0.39, 0.29) is 11.3 Å². The summed E-state index contributed by atoms with van der Waals surface area (Å²) in [5.74, 6) is 0.153. The normalized spacial score (nSPS) is 10.3. The van der Waals surface area contributed by atoms with E-state index in [1.165, 1.54) is 12.1 Å². The van der Waals surface area contributed by atoms with E-state index in [0.717, 1.165) is 11.5 Å². The summed E-state index contributed by atoms with van der Waals surface area (Å²) in [5, 5.41) is 10.2. The van der Waals surface area contributed by atoms with Gasteiger partial charge in [-0.1, -0.05) is 11.6 Å². The van der Waals surface area contributed by atoms with Crippen molar-refractivity contribution in [2.75, 3.05) is 0 Å². The number of benzene rings is 2. The molecule has 0 saturated heterocycles. The Hall–Kier alpha value is -2.64. The number of halogens is 2. The predicted molar refractivity (Wildman–Crippen MR) is 77.9 cm³/mol. The number of ether oxygens (including phenoxy) is 1. The van der Waals surface area contributed by atoms with E-state index < -0.39 is 5.82 Å². The van der Waals surface area contributed by atoms with Gasteiger partial charge in [-0.2, -0.15) is 5.26 Å². The van der Waals surface area contributed by atoms with Gasteiger partial charge in [0.25, 0.3) is 0 Å². The highest BCUT2D eigenvalue weighted by molar-refractivity contribution is 6.35. The Morgan fingerprint density at radius 1 is 1.19 bits per heavy atom. The Labute approximate surface area is 125 Å². The van der Waals surface area contributed by atoms with Gasteiger partial charge >= 0.3 is 0 Å². The number of nitriles is 1. The first-order chi connectivity index (χ1) is 10.2. The second-order valence-electron chi connectivity index (χ2n) is 4.33. The average molecular weight is 299 g/mol. The summed E-state index contributed by atoms with van der Waals surface area (Å²) in [5.41, 5.74) is 0.768. The fourth-order valence-electron chi connectivity index (χ4n) is 2.01. The van der Waals surface area contributed by atoms with Crippen molar-refractivity contribution in [1.82, 2.24) is 4.98 Å². The molecule has 0 aliphatic rings. The van der Waals surface area contributed by atoms with Crippen LogP contribution in [0, 0.1) is 17.1 Å². The van der Waals surface area contributed by atoms with E-state index in [2.05, 4.69) is 4.98 Å². The number of pyridine rings is 1. The van der Waals surface area contributed by atoms with Gasteiger partial charge in [0, 0.05) is 17.6 Å². The number of fused-ring (bicyclic) bond motifs is 1. The van der Waals surface area contributed by atoms with Crippen LogP contribution in [0.4, 0.5) is 4.39 Å². The zero-order valence-electron chi connectivity index (χ0n) is 10.7. The summed E-state index contributed by atoms with van der Waals surface area (Å²) in [4.78, 5) is 4.23. The lowest BCUT2D eigenvalue weighted by molar-refractivity contribution is 0.481.